The number of aryl methyl sites for hydroxylation is 1. The smallest absolute Gasteiger partial charge is 0.336 e. The Hall–Kier alpha value is -2.60. The minimum atomic E-state index is -0.963. The quantitative estimate of drug-likeness (QED) is 0.756. The lowest BCUT2D eigenvalue weighted by Gasteiger charge is -2.04. The van der Waals surface area contributed by atoms with Crippen LogP contribution in [0.5, 0.6) is 0 Å². The van der Waals surface area contributed by atoms with Crippen molar-refractivity contribution < 1.29 is 9.90 Å². The Labute approximate surface area is 140 Å². The highest BCUT2D eigenvalue weighted by atomic mass is 79.9. The number of halogens is 1. The molecule has 1 N–H and O–H groups in total. The van der Waals surface area contributed by atoms with E-state index >= 15 is 0 Å². The van der Waals surface area contributed by atoms with Gasteiger partial charge in [0.1, 0.15) is 0 Å². The molecule has 0 spiro atoms. The summed E-state index contributed by atoms with van der Waals surface area (Å²) in [5, 5.41) is 9.82. The highest BCUT2D eigenvalue weighted by molar-refractivity contribution is 9.15. The van der Waals surface area contributed by atoms with Gasteiger partial charge >= 0.3 is 5.97 Å². The second-order valence-electron chi connectivity index (χ2n) is 4.95. The van der Waals surface area contributed by atoms with Gasteiger partial charge in [0, 0.05) is 23.5 Å². The number of hydrogen-bond acceptors (Lipinski definition) is 4. The van der Waals surface area contributed by atoms with Crippen LogP contribution >= 0.6 is 15.9 Å². The first-order valence-electron chi connectivity index (χ1n) is 6.84. The van der Waals surface area contributed by atoms with Crippen LogP contribution < -0.4 is 0 Å². The largest absolute Gasteiger partial charge is 0.478 e. The Morgan fingerprint density at radius 2 is 1.96 bits per heavy atom. The molecule has 23 heavy (non-hydrogen) atoms. The SMILES string of the molecule is Cc1ccnc(/C(Br)=C\c2ccc3c(C(=O)O)ccnc3c2)n1. The number of carbonyl (C=O) groups is 1. The monoisotopic (exact) mass is 369 g/mol. The predicted octanol–water partition coefficient (Wildman–Crippen LogP) is 3.92. The second-order valence-corrected chi connectivity index (χ2v) is 5.81. The van der Waals surface area contributed by atoms with Crippen molar-refractivity contribution in [1.29, 1.82) is 0 Å². The highest BCUT2D eigenvalue weighted by Gasteiger charge is 2.09. The number of rotatable bonds is 3. The molecule has 0 fully saturated rings. The number of pyridine rings is 1. The molecule has 3 rings (SSSR count). The number of aromatic nitrogens is 3. The molecule has 3 aromatic rings. The zero-order valence-electron chi connectivity index (χ0n) is 12.2. The molecule has 0 aliphatic heterocycles. The summed E-state index contributed by atoms with van der Waals surface area (Å²) in [6, 6.07) is 8.76. The van der Waals surface area contributed by atoms with Gasteiger partial charge in [-0.3, -0.25) is 4.98 Å². The molecule has 2 heterocycles. The summed E-state index contributed by atoms with van der Waals surface area (Å²) in [6.45, 7) is 1.90. The van der Waals surface area contributed by atoms with Crippen molar-refractivity contribution in [1.82, 2.24) is 15.0 Å². The predicted molar refractivity (Wildman–Crippen MR) is 92.3 cm³/mol. The molecule has 0 bridgehead atoms. The zero-order chi connectivity index (χ0) is 16.4. The molecule has 114 valence electrons. The molecule has 2 aromatic heterocycles. The van der Waals surface area contributed by atoms with Crippen LogP contribution in [0.25, 0.3) is 21.5 Å². The fourth-order valence-electron chi connectivity index (χ4n) is 2.22. The fraction of sp³-hybridized carbons (Fsp3) is 0.0588. The Morgan fingerprint density at radius 1 is 1.17 bits per heavy atom. The topological polar surface area (TPSA) is 76.0 Å². The molecular formula is C17H12BrN3O2. The lowest BCUT2D eigenvalue weighted by Crippen LogP contribution is -1.98. The van der Waals surface area contributed by atoms with Gasteiger partial charge < -0.3 is 5.11 Å². The van der Waals surface area contributed by atoms with E-state index in [4.69, 9.17) is 0 Å². The summed E-state index contributed by atoms with van der Waals surface area (Å²) in [6.07, 6.45) is 5.08. The first-order valence-corrected chi connectivity index (χ1v) is 7.63. The summed E-state index contributed by atoms with van der Waals surface area (Å²) in [7, 11) is 0. The first-order chi connectivity index (χ1) is 11.0. The average Bonchev–Trinajstić information content (AvgIpc) is 2.54. The van der Waals surface area contributed by atoms with Crippen molar-refractivity contribution in [3.8, 4) is 0 Å². The van der Waals surface area contributed by atoms with Gasteiger partial charge in [0.05, 0.1) is 15.6 Å². The van der Waals surface area contributed by atoms with Gasteiger partial charge in [0.2, 0.25) is 0 Å². The van der Waals surface area contributed by atoms with Crippen LogP contribution in [-0.4, -0.2) is 26.0 Å². The van der Waals surface area contributed by atoms with E-state index in [1.54, 1.807) is 12.3 Å². The number of benzene rings is 1. The van der Waals surface area contributed by atoms with Crippen molar-refractivity contribution in [3.63, 3.8) is 0 Å². The van der Waals surface area contributed by atoms with Crippen LogP contribution in [0.4, 0.5) is 0 Å². The van der Waals surface area contributed by atoms with Gasteiger partial charge in [-0.25, -0.2) is 14.8 Å². The van der Waals surface area contributed by atoms with Gasteiger partial charge in [0.15, 0.2) is 5.82 Å². The summed E-state index contributed by atoms with van der Waals surface area (Å²) >= 11 is 3.48. The summed E-state index contributed by atoms with van der Waals surface area (Å²) in [5.41, 5.74) is 2.63. The van der Waals surface area contributed by atoms with Crippen molar-refractivity contribution in [2.75, 3.05) is 0 Å². The van der Waals surface area contributed by atoms with Crippen molar-refractivity contribution in [2.24, 2.45) is 0 Å². The number of fused-ring (bicyclic) bond motifs is 1. The van der Waals surface area contributed by atoms with Gasteiger partial charge in [-0.05, 0) is 52.7 Å². The van der Waals surface area contributed by atoms with Crippen molar-refractivity contribution in [2.45, 2.75) is 6.92 Å². The first kappa shape index (κ1) is 15.3. The normalized spacial score (nSPS) is 11.7. The standard InChI is InChI=1S/C17H12BrN3O2/c1-10-4-6-20-16(21-10)14(18)8-11-2-3-12-13(17(22)23)5-7-19-15(12)9-11/h2-9H,1H3,(H,22,23)/b14-8+. The molecule has 0 unspecified atom stereocenters. The number of nitrogens with zero attached hydrogens (tertiary/aromatic N) is 3. The minimum Gasteiger partial charge on any atom is -0.478 e. The van der Waals surface area contributed by atoms with E-state index in [2.05, 4.69) is 30.9 Å². The van der Waals surface area contributed by atoms with Crippen LogP contribution in [-0.2, 0) is 0 Å². The summed E-state index contributed by atoms with van der Waals surface area (Å²) < 4.78 is 0.745. The van der Waals surface area contributed by atoms with Crippen LogP contribution in [0, 0.1) is 6.92 Å². The molecule has 0 saturated heterocycles. The van der Waals surface area contributed by atoms with E-state index in [0.29, 0.717) is 16.7 Å². The molecule has 0 atom stereocenters. The maximum Gasteiger partial charge on any atom is 0.336 e. The number of carboxylic acid groups (broad SMARTS) is 1. The number of carboxylic acids is 1. The third-order valence-electron chi connectivity index (χ3n) is 3.30. The Balaban J connectivity index is 2.04. The van der Waals surface area contributed by atoms with Crippen molar-refractivity contribution in [3.05, 3.63) is 65.4 Å². The molecule has 5 nitrogen and oxygen atoms in total. The highest BCUT2D eigenvalue weighted by Crippen LogP contribution is 2.24. The van der Waals surface area contributed by atoms with Crippen LogP contribution in [0.15, 0.2) is 42.7 Å². The van der Waals surface area contributed by atoms with E-state index in [0.717, 1.165) is 15.7 Å². The van der Waals surface area contributed by atoms with Crippen LogP contribution in [0.2, 0.25) is 0 Å². The van der Waals surface area contributed by atoms with Gasteiger partial charge in [-0.15, -0.1) is 0 Å². The Morgan fingerprint density at radius 3 is 2.70 bits per heavy atom. The molecule has 6 heteroatoms. The molecular weight excluding hydrogens is 358 g/mol. The second kappa shape index (κ2) is 6.26. The Kier molecular flexibility index (Phi) is 4.16. The van der Waals surface area contributed by atoms with Gasteiger partial charge in [0.25, 0.3) is 0 Å². The van der Waals surface area contributed by atoms with E-state index in [-0.39, 0.29) is 5.56 Å². The maximum atomic E-state index is 11.2. The van der Waals surface area contributed by atoms with E-state index in [9.17, 15) is 9.90 Å². The Bertz CT molecular complexity index is 938. The maximum absolute atomic E-state index is 11.2. The molecule has 0 radical (unpaired) electrons. The lowest BCUT2D eigenvalue weighted by atomic mass is 10.1. The van der Waals surface area contributed by atoms with Crippen LogP contribution in [0.3, 0.4) is 0 Å². The van der Waals surface area contributed by atoms with E-state index in [1.165, 1.54) is 12.3 Å². The summed E-state index contributed by atoms with van der Waals surface area (Å²) in [4.78, 5) is 24.0. The van der Waals surface area contributed by atoms with Gasteiger partial charge in [-0.2, -0.15) is 0 Å². The van der Waals surface area contributed by atoms with E-state index in [1.807, 2.05) is 31.2 Å². The fourth-order valence-corrected chi connectivity index (χ4v) is 2.67. The molecule has 0 aliphatic carbocycles. The van der Waals surface area contributed by atoms with Crippen molar-refractivity contribution >= 4 is 43.4 Å². The number of aromatic carboxylic acids is 1. The third kappa shape index (κ3) is 3.27. The average molecular weight is 370 g/mol. The lowest BCUT2D eigenvalue weighted by molar-refractivity contribution is 0.0699. The molecule has 0 amide bonds. The van der Waals surface area contributed by atoms with Gasteiger partial charge in [-0.1, -0.05) is 12.1 Å². The molecule has 0 saturated carbocycles. The minimum absolute atomic E-state index is 0.242. The summed E-state index contributed by atoms with van der Waals surface area (Å²) in [5.74, 6) is -0.368. The third-order valence-corrected chi connectivity index (χ3v) is 3.88. The molecule has 0 aliphatic rings. The zero-order valence-corrected chi connectivity index (χ0v) is 13.8. The number of hydrogen-bond donors (Lipinski definition) is 1. The van der Waals surface area contributed by atoms with E-state index < -0.39 is 5.97 Å². The van der Waals surface area contributed by atoms with Crippen LogP contribution in [0.1, 0.15) is 27.4 Å². The molecule has 1 aromatic carbocycles.